The van der Waals surface area contributed by atoms with Gasteiger partial charge in [0.1, 0.15) is 5.75 Å². The largest absolute Gasteiger partial charge is 0.483 e. The highest BCUT2D eigenvalue weighted by Gasteiger charge is 2.06. The molecule has 0 spiro atoms. The van der Waals surface area contributed by atoms with Gasteiger partial charge in [0.2, 0.25) is 0 Å². The van der Waals surface area contributed by atoms with Gasteiger partial charge < -0.3 is 15.4 Å². The predicted octanol–water partition coefficient (Wildman–Crippen LogP) is 3.17. The number of hydrogen-bond donors (Lipinski definition) is 2. The van der Waals surface area contributed by atoms with Crippen molar-refractivity contribution in [1.29, 1.82) is 0 Å². The highest BCUT2D eigenvalue weighted by atomic mass is 16.5. The van der Waals surface area contributed by atoms with Gasteiger partial charge in [0.25, 0.3) is 5.91 Å². The molecule has 0 bridgehead atoms. The minimum Gasteiger partial charge on any atom is -0.483 e. The third-order valence-electron chi connectivity index (χ3n) is 3.78. The third-order valence-corrected chi connectivity index (χ3v) is 3.78. The molecule has 0 aliphatic rings. The molecule has 134 valence electrons. The van der Waals surface area contributed by atoms with Gasteiger partial charge in [-0.3, -0.25) is 4.79 Å². The van der Waals surface area contributed by atoms with Gasteiger partial charge in [-0.05, 0) is 30.5 Å². The zero-order valence-electron chi connectivity index (χ0n) is 15.1. The lowest BCUT2D eigenvalue weighted by Gasteiger charge is -2.13. The first-order valence-corrected chi connectivity index (χ1v) is 8.87. The number of ether oxygens (including phenoxy) is 1. The van der Waals surface area contributed by atoms with Crippen molar-refractivity contribution in [3.8, 4) is 5.75 Å². The Morgan fingerprint density at radius 1 is 1.04 bits per heavy atom. The molecule has 0 aliphatic heterocycles. The molecule has 2 aromatic rings. The molecule has 0 aromatic heterocycles. The average Bonchev–Trinajstić information content (AvgIpc) is 2.61. The van der Waals surface area contributed by atoms with Gasteiger partial charge in [-0.25, -0.2) is 0 Å². The first-order chi connectivity index (χ1) is 12.1. The molecule has 0 saturated heterocycles. The summed E-state index contributed by atoms with van der Waals surface area (Å²) in [5.74, 6) is 1.27. The van der Waals surface area contributed by atoms with Crippen LogP contribution in [0.4, 0.5) is 0 Å². The summed E-state index contributed by atoms with van der Waals surface area (Å²) in [6.07, 6.45) is 0.822. The van der Waals surface area contributed by atoms with E-state index in [0.717, 1.165) is 30.8 Å². The summed E-state index contributed by atoms with van der Waals surface area (Å²) in [5.41, 5.74) is 2.28. The lowest BCUT2D eigenvalue weighted by atomic mass is 10.1. The third kappa shape index (κ3) is 7.40. The van der Waals surface area contributed by atoms with Crippen molar-refractivity contribution in [3.63, 3.8) is 0 Å². The van der Waals surface area contributed by atoms with Gasteiger partial charge in [-0.2, -0.15) is 0 Å². The van der Waals surface area contributed by atoms with Crippen molar-refractivity contribution in [1.82, 2.24) is 10.6 Å². The van der Waals surface area contributed by atoms with Crippen LogP contribution in [0.1, 0.15) is 25.0 Å². The molecule has 25 heavy (non-hydrogen) atoms. The number of rotatable bonds is 10. The standard InChI is InChI=1S/C21H28N2O2/c1-17(2)14-22-15-19-10-6-7-11-20(19)25-16-21(24)23-13-12-18-8-4-3-5-9-18/h3-11,17,22H,12-16H2,1-2H3,(H,23,24). The fourth-order valence-corrected chi connectivity index (χ4v) is 2.47. The highest BCUT2D eigenvalue weighted by molar-refractivity contribution is 5.77. The van der Waals surface area contributed by atoms with Crippen LogP contribution in [0.5, 0.6) is 5.75 Å². The summed E-state index contributed by atoms with van der Waals surface area (Å²) in [6.45, 7) is 6.70. The van der Waals surface area contributed by atoms with Crippen molar-refractivity contribution >= 4 is 5.91 Å². The smallest absolute Gasteiger partial charge is 0.257 e. The molecule has 4 heteroatoms. The lowest BCUT2D eigenvalue weighted by molar-refractivity contribution is -0.123. The normalized spacial score (nSPS) is 10.7. The summed E-state index contributed by atoms with van der Waals surface area (Å²) in [6, 6.07) is 18.0. The zero-order chi connectivity index (χ0) is 17.9. The maximum Gasteiger partial charge on any atom is 0.257 e. The molecule has 2 rings (SSSR count). The Kier molecular flexibility index (Phi) is 7.99. The fourth-order valence-electron chi connectivity index (χ4n) is 2.47. The molecule has 0 atom stereocenters. The van der Waals surface area contributed by atoms with E-state index in [9.17, 15) is 4.79 Å². The van der Waals surface area contributed by atoms with Crippen molar-refractivity contribution < 1.29 is 9.53 Å². The predicted molar refractivity (Wildman–Crippen MR) is 102 cm³/mol. The van der Waals surface area contributed by atoms with E-state index in [1.165, 1.54) is 5.56 Å². The SMILES string of the molecule is CC(C)CNCc1ccccc1OCC(=O)NCCc1ccccc1. The molecule has 0 aliphatic carbocycles. The van der Waals surface area contributed by atoms with Crippen LogP contribution in [0, 0.1) is 5.92 Å². The Balaban J connectivity index is 1.73. The van der Waals surface area contributed by atoms with E-state index < -0.39 is 0 Å². The van der Waals surface area contributed by atoms with Gasteiger partial charge in [-0.1, -0.05) is 62.4 Å². The summed E-state index contributed by atoms with van der Waals surface area (Å²) in [4.78, 5) is 12.0. The Morgan fingerprint density at radius 3 is 2.52 bits per heavy atom. The number of nitrogens with one attached hydrogen (secondary N) is 2. The van der Waals surface area contributed by atoms with Gasteiger partial charge in [0, 0.05) is 18.7 Å². The van der Waals surface area contributed by atoms with Crippen LogP contribution in [0.15, 0.2) is 54.6 Å². The van der Waals surface area contributed by atoms with Crippen molar-refractivity contribution in [3.05, 3.63) is 65.7 Å². The molecule has 2 N–H and O–H groups in total. The summed E-state index contributed by atoms with van der Waals surface area (Å²) >= 11 is 0. The number of hydrogen-bond acceptors (Lipinski definition) is 3. The van der Waals surface area contributed by atoms with Gasteiger partial charge in [-0.15, -0.1) is 0 Å². The zero-order valence-corrected chi connectivity index (χ0v) is 15.1. The number of carbonyl (C=O) groups excluding carboxylic acids is 1. The molecule has 4 nitrogen and oxygen atoms in total. The lowest BCUT2D eigenvalue weighted by Crippen LogP contribution is -2.30. The Bertz CT molecular complexity index is 641. The van der Waals surface area contributed by atoms with Crippen LogP contribution in [0.3, 0.4) is 0 Å². The second-order valence-electron chi connectivity index (χ2n) is 6.51. The van der Waals surface area contributed by atoms with Crippen LogP contribution in [-0.2, 0) is 17.8 Å². The number of carbonyl (C=O) groups is 1. The van der Waals surface area contributed by atoms with E-state index in [1.54, 1.807) is 0 Å². The first-order valence-electron chi connectivity index (χ1n) is 8.87. The summed E-state index contributed by atoms with van der Waals surface area (Å²) in [7, 11) is 0. The minimum absolute atomic E-state index is 0.0377. The number of benzene rings is 2. The Hall–Kier alpha value is -2.33. The maximum absolute atomic E-state index is 12.0. The quantitative estimate of drug-likeness (QED) is 0.698. The summed E-state index contributed by atoms with van der Waals surface area (Å²) < 4.78 is 5.71. The van der Waals surface area contributed by atoms with Gasteiger partial charge >= 0.3 is 0 Å². The molecular formula is C21H28N2O2. The molecule has 1 amide bonds. The molecule has 0 heterocycles. The highest BCUT2D eigenvalue weighted by Crippen LogP contribution is 2.17. The Labute approximate surface area is 150 Å². The van der Waals surface area contributed by atoms with E-state index in [0.29, 0.717) is 12.5 Å². The molecule has 2 aromatic carbocycles. The second-order valence-corrected chi connectivity index (χ2v) is 6.51. The first kappa shape index (κ1) is 19.0. The maximum atomic E-state index is 12.0. The molecule has 0 fully saturated rings. The van der Waals surface area contributed by atoms with E-state index in [1.807, 2.05) is 42.5 Å². The molecule has 0 saturated carbocycles. The number of amides is 1. The van der Waals surface area contributed by atoms with Gasteiger partial charge in [0.15, 0.2) is 6.61 Å². The topological polar surface area (TPSA) is 50.4 Å². The molecule has 0 radical (unpaired) electrons. The van der Waals surface area contributed by atoms with E-state index in [4.69, 9.17) is 4.74 Å². The minimum atomic E-state index is -0.0964. The number of para-hydroxylation sites is 1. The van der Waals surface area contributed by atoms with Crippen molar-refractivity contribution in [2.75, 3.05) is 19.7 Å². The molecular weight excluding hydrogens is 312 g/mol. The molecule has 0 unspecified atom stereocenters. The van der Waals surface area contributed by atoms with E-state index in [2.05, 4.69) is 36.6 Å². The fraction of sp³-hybridized carbons (Fsp3) is 0.381. The van der Waals surface area contributed by atoms with Crippen molar-refractivity contribution in [2.45, 2.75) is 26.8 Å². The van der Waals surface area contributed by atoms with E-state index >= 15 is 0 Å². The summed E-state index contributed by atoms with van der Waals surface area (Å²) in [5, 5.41) is 6.30. The van der Waals surface area contributed by atoms with Crippen LogP contribution in [0.25, 0.3) is 0 Å². The Morgan fingerprint density at radius 2 is 1.76 bits per heavy atom. The second kappa shape index (κ2) is 10.5. The monoisotopic (exact) mass is 340 g/mol. The van der Waals surface area contributed by atoms with Crippen LogP contribution < -0.4 is 15.4 Å². The van der Waals surface area contributed by atoms with Gasteiger partial charge in [0.05, 0.1) is 0 Å². The van der Waals surface area contributed by atoms with E-state index in [-0.39, 0.29) is 12.5 Å². The van der Waals surface area contributed by atoms with Crippen LogP contribution in [-0.4, -0.2) is 25.6 Å². The average molecular weight is 340 g/mol. The van der Waals surface area contributed by atoms with Crippen LogP contribution >= 0.6 is 0 Å². The van der Waals surface area contributed by atoms with Crippen LogP contribution in [0.2, 0.25) is 0 Å². The van der Waals surface area contributed by atoms with Crippen molar-refractivity contribution in [2.24, 2.45) is 5.92 Å².